The van der Waals surface area contributed by atoms with Gasteiger partial charge in [0.1, 0.15) is 0 Å². The molecule has 1 aliphatic rings. The molecule has 2 rings (SSSR count). The minimum atomic E-state index is -0.0980. The number of nitrogens with one attached hydrogen (secondary N) is 1. The fourth-order valence-corrected chi connectivity index (χ4v) is 1.50. The van der Waals surface area contributed by atoms with E-state index in [-0.39, 0.29) is 11.9 Å². The third-order valence-electron chi connectivity index (χ3n) is 2.65. The Morgan fingerprint density at radius 3 is 3.07 bits per heavy atom. The summed E-state index contributed by atoms with van der Waals surface area (Å²) in [5.74, 6) is 0.512. The molecule has 15 heavy (non-hydrogen) atoms. The molecule has 1 heterocycles. The van der Waals surface area contributed by atoms with Gasteiger partial charge in [0.2, 0.25) is 0 Å². The first kappa shape index (κ1) is 10.1. The second-order valence-corrected chi connectivity index (χ2v) is 3.95. The summed E-state index contributed by atoms with van der Waals surface area (Å²) in [6.45, 7) is 0.554. The molecule has 1 unspecified atom stereocenters. The molecule has 1 aromatic rings. The van der Waals surface area contributed by atoms with Gasteiger partial charge in [-0.2, -0.15) is 0 Å². The van der Waals surface area contributed by atoms with Gasteiger partial charge < -0.3 is 11.1 Å². The van der Waals surface area contributed by atoms with Crippen molar-refractivity contribution in [1.29, 1.82) is 0 Å². The fraction of sp³-hybridized carbons (Fsp3) is 0.455. The number of pyridine rings is 1. The van der Waals surface area contributed by atoms with Crippen molar-refractivity contribution in [2.45, 2.75) is 18.9 Å². The lowest BCUT2D eigenvalue weighted by Crippen LogP contribution is -2.38. The first-order valence-corrected chi connectivity index (χ1v) is 5.21. The lowest BCUT2D eigenvalue weighted by Gasteiger charge is -2.11. The van der Waals surface area contributed by atoms with Gasteiger partial charge in [0.25, 0.3) is 5.91 Å². The van der Waals surface area contributed by atoms with Crippen molar-refractivity contribution in [3.63, 3.8) is 0 Å². The molecule has 0 aromatic carbocycles. The topological polar surface area (TPSA) is 68.0 Å². The van der Waals surface area contributed by atoms with Crippen molar-refractivity contribution >= 4 is 5.91 Å². The lowest BCUT2D eigenvalue weighted by molar-refractivity contribution is 0.0950. The molecule has 80 valence electrons. The maximum atomic E-state index is 11.6. The predicted octanol–water partition coefficient (Wildman–Crippen LogP) is 0.549. The maximum absolute atomic E-state index is 11.6. The van der Waals surface area contributed by atoms with Crippen molar-refractivity contribution < 1.29 is 4.79 Å². The molecule has 0 bridgehead atoms. The number of aromatic nitrogens is 1. The molecular formula is C11H15N3O. The highest BCUT2D eigenvalue weighted by atomic mass is 16.1. The minimum Gasteiger partial charge on any atom is -0.350 e. The Bertz CT molecular complexity index is 335. The predicted molar refractivity (Wildman–Crippen MR) is 57.3 cm³/mol. The SMILES string of the molecule is NC(CNC(=O)c1cccnc1)C1CC1. The Hall–Kier alpha value is -1.42. The van der Waals surface area contributed by atoms with Crippen molar-refractivity contribution in [3.8, 4) is 0 Å². The van der Waals surface area contributed by atoms with E-state index in [1.807, 2.05) is 0 Å². The van der Waals surface area contributed by atoms with Crippen LogP contribution in [0.1, 0.15) is 23.2 Å². The molecule has 4 nitrogen and oxygen atoms in total. The average Bonchev–Trinajstić information content (AvgIpc) is 3.10. The van der Waals surface area contributed by atoms with E-state index < -0.39 is 0 Å². The van der Waals surface area contributed by atoms with Crippen LogP contribution in [0.5, 0.6) is 0 Å². The number of carbonyl (C=O) groups is 1. The van der Waals surface area contributed by atoms with Gasteiger partial charge in [0.15, 0.2) is 0 Å². The van der Waals surface area contributed by atoms with E-state index in [4.69, 9.17) is 5.73 Å². The highest BCUT2D eigenvalue weighted by Crippen LogP contribution is 2.31. The zero-order chi connectivity index (χ0) is 10.7. The van der Waals surface area contributed by atoms with E-state index in [0.717, 1.165) is 0 Å². The van der Waals surface area contributed by atoms with Crippen LogP contribution in [0.4, 0.5) is 0 Å². The van der Waals surface area contributed by atoms with Crippen LogP contribution >= 0.6 is 0 Å². The highest BCUT2D eigenvalue weighted by Gasteiger charge is 2.28. The van der Waals surface area contributed by atoms with Gasteiger partial charge >= 0.3 is 0 Å². The second kappa shape index (κ2) is 4.40. The fourth-order valence-electron chi connectivity index (χ4n) is 1.50. The van der Waals surface area contributed by atoms with Crippen LogP contribution in [-0.2, 0) is 0 Å². The van der Waals surface area contributed by atoms with Gasteiger partial charge in [-0.15, -0.1) is 0 Å². The normalized spacial score (nSPS) is 17.1. The third kappa shape index (κ3) is 2.76. The first-order valence-electron chi connectivity index (χ1n) is 5.21. The molecule has 1 atom stereocenters. The van der Waals surface area contributed by atoms with Gasteiger partial charge in [-0.05, 0) is 30.9 Å². The van der Waals surface area contributed by atoms with Crippen LogP contribution in [0, 0.1) is 5.92 Å². The molecule has 4 heteroatoms. The highest BCUT2D eigenvalue weighted by molar-refractivity contribution is 5.93. The molecular weight excluding hydrogens is 190 g/mol. The number of hydrogen-bond donors (Lipinski definition) is 2. The number of hydrogen-bond acceptors (Lipinski definition) is 3. The molecule has 1 saturated carbocycles. The van der Waals surface area contributed by atoms with Gasteiger partial charge in [0, 0.05) is 25.0 Å². The first-order chi connectivity index (χ1) is 7.27. The summed E-state index contributed by atoms with van der Waals surface area (Å²) < 4.78 is 0. The summed E-state index contributed by atoms with van der Waals surface area (Å²) in [6.07, 6.45) is 5.60. The summed E-state index contributed by atoms with van der Waals surface area (Å²) in [7, 11) is 0. The maximum Gasteiger partial charge on any atom is 0.252 e. The summed E-state index contributed by atoms with van der Waals surface area (Å²) in [4.78, 5) is 15.5. The van der Waals surface area contributed by atoms with E-state index in [2.05, 4.69) is 10.3 Å². The van der Waals surface area contributed by atoms with Gasteiger partial charge in [-0.3, -0.25) is 9.78 Å². The lowest BCUT2D eigenvalue weighted by atomic mass is 10.2. The molecule has 1 aromatic heterocycles. The van der Waals surface area contributed by atoms with Gasteiger partial charge in [0.05, 0.1) is 5.56 Å². The van der Waals surface area contributed by atoms with Crippen LogP contribution < -0.4 is 11.1 Å². The van der Waals surface area contributed by atoms with Crippen molar-refractivity contribution in [1.82, 2.24) is 10.3 Å². The van der Waals surface area contributed by atoms with E-state index in [9.17, 15) is 4.79 Å². The average molecular weight is 205 g/mol. The smallest absolute Gasteiger partial charge is 0.252 e. The Labute approximate surface area is 88.9 Å². The number of nitrogens with zero attached hydrogens (tertiary/aromatic N) is 1. The molecule has 1 fully saturated rings. The molecule has 0 radical (unpaired) electrons. The Kier molecular flexibility index (Phi) is 2.97. The standard InChI is InChI=1S/C11H15N3O/c12-10(8-3-4-8)7-14-11(15)9-2-1-5-13-6-9/h1-2,5-6,8,10H,3-4,7,12H2,(H,14,15). The zero-order valence-electron chi connectivity index (χ0n) is 8.52. The molecule has 3 N–H and O–H groups in total. The van der Waals surface area contributed by atoms with Crippen molar-refractivity contribution in [2.24, 2.45) is 11.7 Å². The molecule has 0 spiro atoms. The Morgan fingerprint density at radius 1 is 1.67 bits per heavy atom. The van der Waals surface area contributed by atoms with Crippen LogP contribution in [0.3, 0.4) is 0 Å². The van der Waals surface area contributed by atoms with Crippen LogP contribution in [-0.4, -0.2) is 23.5 Å². The molecule has 1 aliphatic carbocycles. The summed E-state index contributed by atoms with van der Waals surface area (Å²) in [5, 5.41) is 2.82. The Morgan fingerprint density at radius 2 is 2.47 bits per heavy atom. The van der Waals surface area contributed by atoms with E-state index in [0.29, 0.717) is 18.0 Å². The van der Waals surface area contributed by atoms with E-state index >= 15 is 0 Å². The van der Waals surface area contributed by atoms with Crippen molar-refractivity contribution in [3.05, 3.63) is 30.1 Å². The van der Waals surface area contributed by atoms with Crippen LogP contribution in [0.25, 0.3) is 0 Å². The van der Waals surface area contributed by atoms with E-state index in [1.165, 1.54) is 12.8 Å². The van der Waals surface area contributed by atoms with E-state index in [1.54, 1.807) is 24.5 Å². The molecule has 0 aliphatic heterocycles. The molecule has 1 amide bonds. The van der Waals surface area contributed by atoms with Gasteiger partial charge in [-0.25, -0.2) is 0 Å². The summed E-state index contributed by atoms with van der Waals surface area (Å²) >= 11 is 0. The zero-order valence-corrected chi connectivity index (χ0v) is 8.52. The monoisotopic (exact) mass is 205 g/mol. The largest absolute Gasteiger partial charge is 0.350 e. The van der Waals surface area contributed by atoms with Crippen molar-refractivity contribution in [2.75, 3.05) is 6.54 Å². The number of carbonyl (C=O) groups excluding carboxylic acids is 1. The van der Waals surface area contributed by atoms with Crippen LogP contribution in [0.2, 0.25) is 0 Å². The quantitative estimate of drug-likeness (QED) is 0.754. The summed E-state index contributed by atoms with van der Waals surface area (Å²) in [6, 6.07) is 3.59. The number of rotatable bonds is 4. The molecule has 0 saturated heterocycles. The minimum absolute atomic E-state index is 0.0980. The number of amides is 1. The second-order valence-electron chi connectivity index (χ2n) is 3.95. The van der Waals surface area contributed by atoms with Gasteiger partial charge in [-0.1, -0.05) is 0 Å². The number of nitrogens with two attached hydrogens (primary N) is 1. The van der Waals surface area contributed by atoms with Crippen LogP contribution in [0.15, 0.2) is 24.5 Å². The Balaban J connectivity index is 1.82. The third-order valence-corrected chi connectivity index (χ3v) is 2.65. The summed E-state index contributed by atoms with van der Waals surface area (Å²) in [5.41, 5.74) is 6.46.